The first-order valence-corrected chi connectivity index (χ1v) is 9.27. The number of rotatable bonds is 5. The van der Waals surface area contributed by atoms with Gasteiger partial charge in [-0.2, -0.15) is 0 Å². The first kappa shape index (κ1) is 15.7. The Morgan fingerprint density at radius 1 is 1.25 bits per heavy atom. The molecule has 1 aliphatic heterocycles. The molecule has 116 valence electrons. The Balaban J connectivity index is 1.82. The van der Waals surface area contributed by atoms with Crippen LogP contribution >= 0.6 is 0 Å². The number of primary amides is 1. The molecule has 6 nitrogen and oxygen atoms in total. The lowest BCUT2D eigenvalue weighted by molar-refractivity contribution is -0.119. The minimum absolute atomic E-state index is 0.0951. The molecule has 2 fully saturated rings. The van der Waals surface area contributed by atoms with Gasteiger partial charge in [-0.15, -0.1) is 0 Å². The first-order valence-electron chi connectivity index (χ1n) is 7.32. The maximum atomic E-state index is 11.8. The van der Waals surface area contributed by atoms with Crippen LogP contribution in [0.2, 0.25) is 0 Å². The predicted octanol–water partition coefficient (Wildman–Crippen LogP) is -0.509. The van der Waals surface area contributed by atoms with Crippen LogP contribution in [-0.2, 0) is 14.6 Å². The summed E-state index contributed by atoms with van der Waals surface area (Å²) in [6.07, 6.45) is 5.93. The Morgan fingerprint density at radius 3 is 2.45 bits per heavy atom. The van der Waals surface area contributed by atoms with Crippen molar-refractivity contribution in [1.29, 1.82) is 0 Å². The fourth-order valence-corrected chi connectivity index (χ4v) is 4.82. The average Bonchev–Trinajstić information content (AvgIpc) is 2.79. The van der Waals surface area contributed by atoms with Crippen LogP contribution in [-0.4, -0.2) is 62.4 Å². The molecule has 3 N–H and O–H groups in total. The molecule has 2 rings (SSSR count). The molecule has 0 aromatic heterocycles. The molecule has 20 heavy (non-hydrogen) atoms. The Labute approximate surface area is 121 Å². The van der Waals surface area contributed by atoms with Crippen LogP contribution < -0.4 is 11.1 Å². The summed E-state index contributed by atoms with van der Waals surface area (Å²) >= 11 is 0. The monoisotopic (exact) mass is 303 g/mol. The van der Waals surface area contributed by atoms with Crippen molar-refractivity contribution in [3.8, 4) is 0 Å². The summed E-state index contributed by atoms with van der Waals surface area (Å²) in [5, 5.41) is 3.30. The van der Waals surface area contributed by atoms with E-state index in [9.17, 15) is 13.2 Å². The Kier molecular flexibility index (Phi) is 5.04. The van der Waals surface area contributed by atoms with Crippen LogP contribution in [0.1, 0.15) is 32.1 Å². The molecule has 1 aliphatic carbocycles. The molecule has 1 saturated heterocycles. The van der Waals surface area contributed by atoms with E-state index in [-0.39, 0.29) is 17.2 Å². The van der Waals surface area contributed by atoms with Crippen LogP contribution in [0.4, 0.5) is 0 Å². The van der Waals surface area contributed by atoms with Crippen LogP contribution in [0.15, 0.2) is 0 Å². The van der Waals surface area contributed by atoms with E-state index in [1.165, 1.54) is 6.26 Å². The Morgan fingerprint density at radius 2 is 1.90 bits per heavy atom. The van der Waals surface area contributed by atoms with E-state index >= 15 is 0 Å². The van der Waals surface area contributed by atoms with Gasteiger partial charge in [-0.25, -0.2) is 8.42 Å². The molecule has 7 heteroatoms. The van der Waals surface area contributed by atoms with Gasteiger partial charge in [0.05, 0.1) is 11.8 Å². The van der Waals surface area contributed by atoms with E-state index < -0.39 is 9.84 Å². The Bertz CT molecular complexity index is 444. The average molecular weight is 303 g/mol. The van der Waals surface area contributed by atoms with E-state index in [4.69, 9.17) is 5.73 Å². The number of nitrogens with two attached hydrogens (primary N) is 1. The van der Waals surface area contributed by atoms with Crippen LogP contribution in [0, 0.1) is 0 Å². The van der Waals surface area contributed by atoms with Gasteiger partial charge in [-0.1, -0.05) is 6.42 Å². The number of piperidine rings is 1. The lowest BCUT2D eigenvalue weighted by Gasteiger charge is -2.34. The Hall–Kier alpha value is -0.660. The number of amides is 1. The minimum Gasteiger partial charge on any atom is -0.369 e. The topological polar surface area (TPSA) is 92.5 Å². The second-order valence-electron chi connectivity index (χ2n) is 6.09. The molecule has 0 radical (unpaired) electrons. The smallest absolute Gasteiger partial charge is 0.231 e. The largest absolute Gasteiger partial charge is 0.369 e. The zero-order valence-electron chi connectivity index (χ0n) is 12.0. The van der Waals surface area contributed by atoms with Gasteiger partial charge in [0.15, 0.2) is 9.84 Å². The van der Waals surface area contributed by atoms with E-state index in [1.807, 2.05) is 0 Å². The van der Waals surface area contributed by atoms with Gasteiger partial charge < -0.3 is 11.1 Å². The lowest BCUT2D eigenvalue weighted by Crippen LogP contribution is -2.50. The minimum atomic E-state index is -2.96. The molecule has 0 aromatic carbocycles. The third kappa shape index (κ3) is 4.17. The third-order valence-corrected chi connectivity index (χ3v) is 6.08. The molecule has 1 saturated carbocycles. The summed E-state index contributed by atoms with van der Waals surface area (Å²) in [6, 6.07) is 0.448. The molecule has 2 aliphatic rings. The fourth-order valence-electron chi connectivity index (χ4n) is 3.41. The number of nitrogens with zero attached hydrogens (tertiary/aromatic N) is 1. The summed E-state index contributed by atoms with van der Waals surface area (Å²) in [5.41, 5.74) is 5.19. The van der Waals surface area contributed by atoms with Crippen molar-refractivity contribution in [3.63, 3.8) is 0 Å². The molecule has 0 aromatic rings. The number of likely N-dealkylation sites (tertiary alicyclic amines) is 1. The third-order valence-electron chi connectivity index (χ3n) is 4.42. The summed E-state index contributed by atoms with van der Waals surface area (Å²) in [4.78, 5) is 12.9. The van der Waals surface area contributed by atoms with Crippen molar-refractivity contribution in [1.82, 2.24) is 10.2 Å². The number of sulfone groups is 1. The molecule has 0 spiro atoms. The van der Waals surface area contributed by atoms with Gasteiger partial charge in [-0.05, 0) is 25.7 Å². The molecule has 1 heterocycles. The highest BCUT2D eigenvalue weighted by molar-refractivity contribution is 7.91. The van der Waals surface area contributed by atoms with Gasteiger partial charge in [-0.3, -0.25) is 9.69 Å². The zero-order chi connectivity index (χ0) is 14.8. The van der Waals surface area contributed by atoms with Gasteiger partial charge in [0, 0.05) is 31.4 Å². The van der Waals surface area contributed by atoms with Crippen molar-refractivity contribution in [3.05, 3.63) is 0 Å². The molecular formula is C13H25N3O3S. The number of carbonyl (C=O) groups is 1. The molecule has 1 amide bonds. The standard InChI is InChI=1S/C13H25N3O3S/c1-20(18,19)12-4-2-3-11(12)15-10-5-7-16(8-6-10)9-13(14)17/h10-12,15H,2-9H2,1H3,(H2,14,17). The lowest BCUT2D eigenvalue weighted by atomic mass is 10.0. The molecule has 2 atom stereocenters. The molecule has 0 bridgehead atoms. The van der Waals surface area contributed by atoms with E-state index in [2.05, 4.69) is 10.2 Å². The normalized spacial score (nSPS) is 29.6. The highest BCUT2D eigenvalue weighted by Crippen LogP contribution is 2.26. The second-order valence-corrected chi connectivity index (χ2v) is 8.35. The number of carbonyl (C=O) groups excluding carboxylic acids is 1. The second kappa shape index (κ2) is 6.41. The quantitative estimate of drug-likeness (QED) is 0.714. The van der Waals surface area contributed by atoms with Gasteiger partial charge in [0.1, 0.15) is 0 Å². The van der Waals surface area contributed by atoms with Crippen LogP contribution in [0.5, 0.6) is 0 Å². The summed E-state index contributed by atoms with van der Waals surface area (Å²) in [5.74, 6) is -0.288. The highest BCUT2D eigenvalue weighted by Gasteiger charge is 2.36. The van der Waals surface area contributed by atoms with Crippen LogP contribution in [0.25, 0.3) is 0 Å². The van der Waals surface area contributed by atoms with Gasteiger partial charge >= 0.3 is 0 Å². The summed E-state index contributed by atoms with van der Waals surface area (Å²) < 4.78 is 23.5. The first-order chi connectivity index (χ1) is 9.36. The zero-order valence-corrected chi connectivity index (χ0v) is 12.9. The van der Waals surface area contributed by atoms with E-state index in [0.29, 0.717) is 12.6 Å². The van der Waals surface area contributed by atoms with Crippen molar-refractivity contribution in [2.45, 2.75) is 49.4 Å². The SMILES string of the molecule is CS(=O)(=O)C1CCCC1NC1CCN(CC(N)=O)CC1. The summed E-state index contributed by atoms with van der Waals surface area (Å²) in [6.45, 7) is 2.01. The summed E-state index contributed by atoms with van der Waals surface area (Å²) in [7, 11) is -2.96. The molecular weight excluding hydrogens is 278 g/mol. The van der Waals surface area contributed by atoms with Crippen molar-refractivity contribution in [2.24, 2.45) is 5.73 Å². The van der Waals surface area contributed by atoms with Crippen molar-refractivity contribution in [2.75, 3.05) is 25.9 Å². The molecule has 2 unspecified atom stereocenters. The number of nitrogens with one attached hydrogen (secondary N) is 1. The number of hydrogen-bond donors (Lipinski definition) is 2. The maximum Gasteiger partial charge on any atom is 0.231 e. The van der Waals surface area contributed by atoms with Crippen LogP contribution in [0.3, 0.4) is 0 Å². The maximum absolute atomic E-state index is 11.8. The number of hydrogen-bond acceptors (Lipinski definition) is 5. The highest BCUT2D eigenvalue weighted by atomic mass is 32.2. The van der Waals surface area contributed by atoms with E-state index in [1.54, 1.807) is 0 Å². The van der Waals surface area contributed by atoms with Crippen molar-refractivity contribution < 1.29 is 13.2 Å². The van der Waals surface area contributed by atoms with Gasteiger partial charge in [0.25, 0.3) is 0 Å². The fraction of sp³-hybridized carbons (Fsp3) is 0.923. The predicted molar refractivity (Wildman–Crippen MR) is 78.1 cm³/mol. The van der Waals surface area contributed by atoms with Crippen molar-refractivity contribution >= 4 is 15.7 Å². The van der Waals surface area contributed by atoms with E-state index in [0.717, 1.165) is 45.2 Å². The van der Waals surface area contributed by atoms with Gasteiger partial charge in [0.2, 0.25) is 5.91 Å².